The van der Waals surface area contributed by atoms with Crippen LogP contribution in [0.15, 0.2) is 77.7 Å². The van der Waals surface area contributed by atoms with Gasteiger partial charge in [0.05, 0.1) is 18.0 Å². The van der Waals surface area contributed by atoms with E-state index in [1.807, 2.05) is 31.2 Å². The highest BCUT2D eigenvalue weighted by Gasteiger charge is 2.24. The maximum Gasteiger partial charge on any atom is 0.241 e. The minimum absolute atomic E-state index is 0.0857. The summed E-state index contributed by atoms with van der Waals surface area (Å²) in [5.74, 6) is -0.239. The lowest BCUT2D eigenvalue weighted by molar-refractivity contribution is -0.121. The normalized spacial score (nSPS) is 12.2. The Bertz CT molecular complexity index is 1150. The lowest BCUT2D eigenvalue weighted by Gasteiger charge is -2.19. The van der Waals surface area contributed by atoms with Gasteiger partial charge in [-0.3, -0.25) is 4.79 Å². The number of amides is 1. The average molecular weight is 457 g/mol. The van der Waals surface area contributed by atoms with Crippen molar-refractivity contribution < 1.29 is 22.3 Å². The second-order valence-corrected chi connectivity index (χ2v) is 9.08. The third kappa shape index (κ3) is 6.38. The van der Waals surface area contributed by atoms with Gasteiger partial charge >= 0.3 is 0 Å². The number of nitrogens with one attached hydrogen (secondary N) is 2. The van der Waals surface area contributed by atoms with Crippen LogP contribution in [0, 0.1) is 12.7 Å². The van der Waals surface area contributed by atoms with E-state index in [4.69, 9.17) is 4.74 Å². The molecule has 3 aromatic carbocycles. The van der Waals surface area contributed by atoms with Crippen LogP contribution >= 0.6 is 0 Å². The van der Waals surface area contributed by atoms with E-state index < -0.39 is 21.9 Å². The van der Waals surface area contributed by atoms with Gasteiger partial charge in [-0.2, -0.15) is 0 Å². The molecule has 168 valence electrons. The number of benzene rings is 3. The summed E-state index contributed by atoms with van der Waals surface area (Å²) in [6, 6.07) is 18.2. The molecule has 8 heteroatoms. The molecule has 3 aromatic rings. The summed E-state index contributed by atoms with van der Waals surface area (Å²) in [6.07, 6.45) is -0.112. The highest BCUT2D eigenvalue weighted by atomic mass is 32.2. The molecule has 3 rings (SSSR count). The molecule has 0 aromatic heterocycles. The third-order valence-corrected chi connectivity index (χ3v) is 6.43. The maximum atomic E-state index is 13.2. The lowest BCUT2D eigenvalue weighted by Crippen LogP contribution is -2.33. The van der Waals surface area contributed by atoms with Crippen LogP contribution in [0.5, 0.6) is 5.75 Å². The average Bonchev–Trinajstić information content (AvgIpc) is 2.78. The number of hydrogen-bond acceptors (Lipinski definition) is 4. The summed E-state index contributed by atoms with van der Waals surface area (Å²) in [7, 11) is -2.46. The number of rotatable bonds is 9. The largest absolute Gasteiger partial charge is 0.497 e. The van der Waals surface area contributed by atoms with Gasteiger partial charge in [-0.05, 0) is 54.4 Å². The number of aryl methyl sites for hydroxylation is 1. The molecule has 0 bridgehead atoms. The van der Waals surface area contributed by atoms with Crippen LogP contribution in [0.1, 0.15) is 29.2 Å². The molecule has 0 aliphatic rings. The maximum absolute atomic E-state index is 13.2. The van der Waals surface area contributed by atoms with E-state index in [1.165, 1.54) is 19.2 Å². The molecular formula is C24H25FN2O4S. The van der Waals surface area contributed by atoms with E-state index in [0.717, 1.165) is 23.3 Å². The van der Waals surface area contributed by atoms with Gasteiger partial charge in [-0.15, -0.1) is 0 Å². The van der Waals surface area contributed by atoms with Crippen molar-refractivity contribution in [2.45, 2.75) is 30.8 Å². The van der Waals surface area contributed by atoms with Crippen molar-refractivity contribution in [2.24, 2.45) is 0 Å². The lowest BCUT2D eigenvalue weighted by atomic mass is 10.0. The quantitative estimate of drug-likeness (QED) is 0.512. The van der Waals surface area contributed by atoms with Crippen LogP contribution < -0.4 is 14.8 Å². The molecule has 0 saturated heterocycles. The predicted molar refractivity (Wildman–Crippen MR) is 120 cm³/mol. The molecule has 0 spiro atoms. The van der Waals surface area contributed by atoms with Gasteiger partial charge in [0.1, 0.15) is 11.6 Å². The van der Waals surface area contributed by atoms with Gasteiger partial charge in [0, 0.05) is 13.0 Å². The van der Waals surface area contributed by atoms with E-state index >= 15 is 0 Å². The second-order valence-electron chi connectivity index (χ2n) is 7.37. The van der Waals surface area contributed by atoms with E-state index in [-0.39, 0.29) is 17.2 Å². The molecule has 0 heterocycles. The Morgan fingerprint density at radius 2 is 1.59 bits per heavy atom. The fourth-order valence-electron chi connectivity index (χ4n) is 3.10. The number of methoxy groups -OCH3 is 1. The summed E-state index contributed by atoms with van der Waals surface area (Å²) < 4.78 is 46.6. The molecule has 0 aliphatic carbocycles. The van der Waals surface area contributed by atoms with Crippen molar-refractivity contribution in [3.05, 3.63) is 95.3 Å². The Labute approximate surface area is 187 Å². The predicted octanol–water partition coefficient (Wildman–Crippen LogP) is 3.87. The first-order valence-electron chi connectivity index (χ1n) is 10.0. The number of carbonyl (C=O) groups excluding carboxylic acids is 1. The first-order chi connectivity index (χ1) is 15.3. The number of carbonyl (C=O) groups is 1. The summed E-state index contributed by atoms with van der Waals surface area (Å²) in [5, 5.41) is 2.83. The van der Waals surface area contributed by atoms with Crippen LogP contribution in [-0.2, 0) is 21.4 Å². The highest BCUT2D eigenvalue weighted by molar-refractivity contribution is 7.89. The molecule has 1 atom stereocenters. The molecular weight excluding hydrogens is 431 g/mol. The molecule has 1 amide bonds. The van der Waals surface area contributed by atoms with Gasteiger partial charge in [0.25, 0.3) is 0 Å². The van der Waals surface area contributed by atoms with Crippen molar-refractivity contribution in [2.75, 3.05) is 7.11 Å². The SMILES string of the molecule is COc1ccc([C@H](CC(=O)NCc2ccc(C)cc2)NS(=O)(=O)c2ccc(F)cc2)cc1. The summed E-state index contributed by atoms with van der Waals surface area (Å²) in [5.41, 5.74) is 2.66. The monoisotopic (exact) mass is 456 g/mol. The first-order valence-corrected chi connectivity index (χ1v) is 11.5. The minimum Gasteiger partial charge on any atom is -0.497 e. The molecule has 0 unspecified atom stereocenters. The fourth-order valence-corrected chi connectivity index (χ4v) is 4.32. The highest BCUT2D eigenvalue weighted by Crippen LogP contribution is 2.23. The Balaban J connectivity index is 1.77. The Kier molecular flexibility index (Phi) is 7.61. The van der Waals surface area contributed by atoms with Crippen molar-refractivity contribution in [3.8, 4) is 5.75 Å². The standard InChI is InChI=1S/C24H25FN2O4S/c1-17-3-5-18(6-4-17)16-26-24(28)15-23(19-7-11-21(31-2)12-8-19)27-32(29,30)22-13-9-20(25)10-14-22/h3-14,23,27H,15-16H2,1-2H3,(H,26,28)/t23-/m0/s1. The van der Waals surface area contributed by atoms with Crippen LogP contribution in [-0.4, -0.2) is 21.4 Å². The number of hydrogen-bond donors (Lipinski definition) is 2. The summed E-state index contributed by atoms with van der Waals surface area (Å²) in [4.78, 5) is 12.6. The van der Waals surface area contributed by atoms with E-state index in [1.54, 1.807) is 24.3 Å². The molecule has 2 N–H and O–H groups in total. The van der Waals surface area contributed by atoms with Crippen LogP contribution in [0.3, 0.4) is 0 Å². The van der Waals surface area contributed by atoms with E-state index in [9.17, 15) is 17.6 Å². The van der Waals surface area contributed by atoms with Gasteiger partial charge in [0.2, 0.25) is 15.9 Å². The molecule has 0 radical (unpaired) electrons. The summed E-state index contributed by atoms with van der Waals surface area (Å²) >= 11 is 0. The van der Waals surface area contributed by atoms with Gasteiger partial charge < -0.3 is 10.1 Å². The van der Waals surface area contributed by atoms with E-state index in [2.05, 4.69) is 10.0 Å². The smallest absolute Gasteiger partial charge is 0.241 e. The Hall–Kier alpha value is -3.23. The number of ether oxygens (including phenoxy) is 1. The molecule has 0 saturated carbocycles. The van der Waals surface area contributed by atoms with Crippen molar-refractivity contribution in [1.82, 2.24) is 10.0 Å². The molecule has 0 aliphatic heterocycles. The zero-order chi connectivity index (χ0) is 23.1. The van der Waals surface area contributed by atoms with Crippen molar-refractivity contribution in [3.63, 3.8) is 0 Å². The zero-order valence-corrected chi connectivity index (χ0v) is 18.7. The zero-order valence-electron chi connectivity index (χ0n) is 17.8. The number of sulfonamides is 1. The van der Waals surface area contributed by atoms with Gasteiger partial charge in [0.15, 0.2) is 0 Å². The van der Waals surface area contributed by atoms with E-state index in [0.29, 0.717) is 17.9 Å². The number of halogens is 1. The minimum atomic E-state index is -3.99. The van der Waals surface area contributed by atoms with Crippen LogP contribution in [0.25, 0.3) is 0 Å². The first kappa shape index (κ1) is 23.4. The molecule has 6 nitrogen and oxygen atoms in total. The fraction of sp³-hybridized carbons (Fsp3) is 0.208. The molecule has 32 heavy (non-hydrogen) atoms. The topological polar surface area (TPSA) is 84.5 Å². The van der Waals surface area contributed by atoms with Crippen molar-refractivity contribution in [1.29, 1.82) is 0 Å². The van der Waals surface area contributed by atoms with Crippen LogP contribution in [0.4, 0.5) is 4.39 Å². The third-order valence-electron chi connectivity index (χ3n) is 4.94. The second kappa shape index (κ2) is 10.4. The summed E-state index contributed by atoms with van der Waals surface area (Å²) in [6.45, 7) is 2.31. The van der Waals surface area contributed by atoms with Gasteiger partial charge in [-0.1, -0.05) is 42.0 Å². The molecule has 0 fully saturated rings. The van der Waals surface area contributed by atoms with Crippen molar-refractivity contribution >= 4 is 15.9 Å². The Morgan fingerprint density at radius 1 is 0.969 bits per heavy atom. The van der Waals surface area contributed by atoms with Crippen LogP contribution in [0.2, 0.25) is 0 Å². The Morgan fingerprint density at radius 3 is 2.19 bits per heavy atom. The van der Waals surface area contributed by atoms with Gasteiger partial charge in [-0.25, -0.2) is 17.5 Å².